The molecule has 34 heavy (non-hydrogen) atoms. The second-order valence-electron chi connectivity index (χ2n) is 8.12. The Morgan fingerprint density at radius 2 is 1.79 bits per heavy atom. The van der Waals surface area contributed by atoms with Crippen LogP contribution in [0, 0.1) is 5.41 Å². The van der Waals surface area contributed by atoms with Crippen LogP contribution in [0.3, 0.4) is 0 Å². The molecule has 4 rings (SSSR count). The Bertz CT molecular complexity index is 1050. The molecule has 2 aromatic rings. The number of pyridine rings is 1. The highest BCUT2D eigenvalue weighted by Crippen LogP contribution is 2.41. The molecule has 0 radical (unpaired) electrons. The molecule has 2 aliphatic heterocycles. The second-order valence-corrected chi connectivity index (χ2v) is 8.12. The molecule has 2 saturated heterocycles. The van der Waals surface area contributed by atoms with Crippen molar-refractivity contribution in [2.45, 2.75) is 25.6 Å². The predicted molar refractivity (Wildman–Crippen MR) is 114 cm³/mol. The van der Waals surface area contributed by atoms with Crippen LogP contribution in [0.4, 0.5) is 13.2 Å². The topological polar surface area (TPSA) is 100 Å². The minimum Gasteiger partial charge on any atom is -0.497 e. The zero-order chi connectivity index (χ0) is 24.9. The molecule has 0 aliphatic carbocycles. The summed E-state index contributed by atoms with van der Waals surface area (Å²) in [6.45, 7) is 2.44. The molecule has 8 nitrogen and oxygen atoms in total. The number of halogens is 3. The smallest absolute Gasteiger partial charge is 0.490 e. The molecule has 1 aromatic carbocycles. The van der Waals surface area contributed by atoms with Crippen molar-refractivity contribution >= 4 is 17.8 Å². The summed E-state index contributed by atoms with van der Waals surface area (Å²) in [5.41, 5.74) is 1.25. The van der Waals surface area contributed by atoms with E-state index in [9.17, 15) is 22.8 Å². The van der Waals surface area contributed by atoms with Crippen molar-refractivity contribution in [2.24, 2.45) is 5.41 Å². The van der Waals surface area contributed by atoms with Crippen molar-refractivity contribution in [3.63, 3.8) is 0 Å². The molecule has 0 bridgehead atoms. The third-order valence-electron chi connectivity index (χ3n) is 5.92. The predicted octanol–water partition coefficient (Wildman–Crippen LogP) is 2.99. The van der Waals surface area contributed by atoms with E-state index in [0.717, 1.165) is 30.7 Å². The highest BCUT2D eigenvalue weighted by atomic mass is 19.4. The van der Waals surface area contributed by atoms with E-state index < -0.39 is 17.6 Å². The molecule has 2 amide bonds. The summed E-state index contributed by atoms with van der Waals surface area (Å²) in [5, 5.41) is 7.12. The van der Waals surface area contributed by atoms with Crippen LogP contribution in [-0.4, -0.2) is 70.6 Å². The van der Waals surface area contributed by atoms with E-state index >= 15 is 0 Å². The standard InChI is InChI=1S/C21H23N3O3.C2HF3O2/c1-27-18-4-2-3-16(13-18)14-23-11-7-21(20(23)26)8-12-24(15-21)19(25)17-5-9-22-10-6-17;3-2(4,5)1(6)7/h2-6,9-10,13H,7-8,11-12,14-15H2,1H3;(H,6,7). The van der Waals surface area contributed by atoms with Crippen LogP contribution in [-0.2, 0) is 16.1 Å². The van der Waals surface area contributed by atoms with Gasteiger partial charge in [0.15, 0.2) is 0 Å². The first-order valence-corrected chi connectivity index (χ1v) is 10.5. The molecular weight excluding hydrogens is 455 g/mol. The minimum absolute atomic E-state index is 0.0201. The molecule has 1 unspecified atom stereocenters. The maximum Gasteiger partial charge on any atom is 0.490 e. The van der Waals surface area contributed by atoms with E-state index in [2.05, 4.69) is 4.98 Å². The number of likely N-dealkylation sites (tertiary alicyclic amines) is 2. The fourth-order valence-electron chi connectivity index (χ4n) is 4.14. The van der Waals surface area contributed by atoms with Crippen molar-refractivity contribution in [3.05, 3.63) is 59.9 Å². The normalized spacial score (nSPS) is 19.7. The number of rotatable bonds is 4. The number of methoxy groups -OCH3 is 1. The molecule has 2 aliphatic rings. The summed E-state index contributed by atoms with van der Waals surface area (Å²) in [7, 11) is 1.64. The van der Waals surface area contributed by atoms with Gasteiger partial charge in [0.25, 0.3) is 5.91 Å². The third kappa shape index (κ3) is 5.64. The first-order chi connectivity index (χ1) is 16.1. The molecule has 0 saturated carbocycles. The Morgan fingerprint density at radius 1 is 1.15 bits per heavy atom. The maximum absolute atomic E-state index is 13.1. The lowest BCUT2D eigenvalue weighted by Gasteiger charge is -2.24. The molecule has 1 spiro atoms. The van der Waals surface area contributed by atoms with Crippen molar-refractivity contribution in [1.82, 2.24) is 14.8 Å². The fourth-order valence-corrected chi connectivity index (χ4v) is 4.14. The van der Waals surface area contributed by atoms with Gasteiger partial charge in [-0.3, -0.25) is 14.6 Å². The molecule has 3 heterocycles. The first-order valence-electron chi connectivity index (χ1n) is 10.5. The number of nitrogens with zero attached hydrogens (tertiary/aromatic N) is 3. The lowest BCUT2D eigenvalue weighted by Crippen LogP contribution is -2.38. The van der Waals surface area contributed by atoms with Gasteiger partial charge in [0.2, 0.25) is 5.91 Å². The van der Waals surface area contributed by atoms with Crippen LogP contribution >= 0.6 is 0 Å². The van der Waals surface area contributed by atoms with Gasteiger partial charge in [-0.15, -0.1) is 0 Å². The average Bonchev–Trinajstić information content (AvgIpc) is 3.39. The summed E-state index contributed by atoms with van der Waals surface area (Å²) >= 11 is 0. The highest BCUT2D eigenvalue weighted by molar-refractivity contribution is 5.95. The van der Waals surface area contributed by atoms with Crippen LogP contribution in [0.2, 0.25) is 0 Å². The third-order valence-corrected chi connectivity index (χ3v) is 5.92. The van der Waals surface area contributed by atoms with Crippen molar-refractivity contribution in [3.8, 4) is 5.75 Å². The number of carbonyl (C=O) groups excluding carboxylic acids is 2. The molecule has 1 aromatic heterocycles. The Kier molecular flexibility index (Phi) is 7.43. The number of alkyl halides is 3. The molecule has 11 heteroatoms. The van der Waals surface area contributed by atoms with Crippen LogP contribution in [0.15, 0.2) is 48.8 Å². The van der Waals surface area contributed by atoms with E-state index in [-0.39, 0.29) is 11.8 Å². The van der Waals surface area contributed by atoms with Gasteiger partial charge in [0.05, 0.1) is 12.5 Å². The van der Waals surface area contributed by atoms with Gasteiger partial charge in [-0.05, 0) is 42.7 Å². The van der Waals surface area contributed by atoms with Crippen LogP contribution < -0.4 is 4.74 Å². The molecule has 1 atom stereocenters. The van der Waals surface area contributed by atoms with Crippen LogP contribution in [0.1, 0.15) is 28.8 Å². The van der Waals surface area contributed by atoms with E-state index in [1.165, 1.54) is 0 Å². The van der Waals surface area contributed by atoms with Gasteiger partial charge < -0.3 is 19.6 Å². The van der Waals surface area contributed by atoms with Crippen molar-refractivity contribution < 1.29 is 37.4 Å². The molecular formula is C23H24F3N3O5. The quantitative estimate of drug-likeness (QED) is 0.724. The molecule has 1 N–H and O–H groups in total. The number of carboxylic acid groups (broad SMARTS) is 1. The Morgan fingerprint density at radius 3 is 2.41 bits per heavy atom. The first kappa shape index (κ1) is 25.0. The number of ether oxygens (including phenoxy) is 1. The number of hydrogen-bond acceptors (Lipinski definition) is 5. The SMILES string of the molecule is COc1cccc(CN2CCC3(CCN(C(=O)c4ccncc4)C3)C2=O)c1.O=C(O)C(F)(F)F. The molecule has 182 valence electrons. The van der Waals surface area contributed by atoms with Crippen molar-refractivity contribution in [2.75, 3.05) is 26.7 Å². The summed E-state index contributed by atoms with van der Waals surface area (Å²) in [6, 6.07) is 11.3. The lowest BCUT2D eigenvalue weighted by molar-refractivity contribution is -0.192. The van der Waals surface area contributed by atoms with Gasteiger partial charge >= 0.3 is 12.1 Å². The lowest BCUT2D eigenvalue weighted by atomic mass is 9.85. The van der Waals surface area contributed by atoms with Crippen LogP contribution in [0.25, 0.3) is 0 Å². The average molecular weight is 479 g/mol. The zero-order valence-corrected chi connectivity index (χ0v) is 18.4. The van der Waals surface area contributed by atoms with Gasteiger partial charge in [0.1, 0.15) is 5.75 Å². The summed E-state index contributed by atoms with van der Waals surface area (Å²) < 4.78 is 37.0. The van der Waals surface area contributed by atoms with E-state index in [1.54, 1.807) is 31.6 Å². The largest absolute Gasteiger partial charge is 0.497 e. The van der Waals surface area contributed by atoms with E-state index in [1.807, 2.05) is 34.1 Å². The minimum atomic E-state index is -5.08. The summed E-state index contributed by atoms with van der Waals surface area (Å²) in [6.07, 6.45) is -0.307. The number of carboxylic acids is 1. The van der Waals surface area contributed by atoms with E-state index in [0.29, 0.717) is 25.2 Å². The van der Waals surface area contributed by atoms with Gasteiger partial charge in [-0.2, -0.15) is 13.2 Å². The Balaban J connectivity index is 0.000000406. The maximum atomic E-state index is 13.1. The fraction of sp³-hybridized carbons (Fsp3) is 0.391. The molecule has 2 fully saturated rings. The number of benzene rings is 1. The monoisotopic (exact) mass is 479 g/mol. The Hall–Kier alpha value is -3.63. The Labute approximate surface area is 193 Å². The number of amides is 2. The number of carbonyl (C=O) groups is 3. The van der Waals surface area contributed by atoms with Gasteiger partial charge in [0, 0.05) is 44.1 Å². The van der Waals surface area contributed by atoms with Gasteiger partial charge in [-0.1, -0.05) is 12.1 Å². The second kappa shape index (κ2) is 10.1. The highest BCUT2D eigenvalue weighted by Gasteiger charge is 2.51. The zero-order valence-electron chi connectivity index (χ0n) is 18.4. The number of aliphatic carboxylic acids is 1. The van der Waals surface area contributed by atoms with E-state index in [4.69, 9.17) is 14.6 Å². The van der Waals surface area contributed by atoms with Crippen LogP contribution in [0.5, 0.6) is 5.75 Å². The summed E-state index contributed by atoms with van der Waals surface area (Å²) in [4.78, 5) is 42.4. The number of hydrogen-bond donors (Lipinski definition) is 1. The van der Waals surface area contributed by atoms with Gasteiger partial charge in [-0.25, -0.2) is 4.79 Å². The number of aromatic nitrogens is 1. The summed E-state index contributed by atoms with van der Waals surface area (Å²) in [5.74, 6) is -1.82. The van der Waals surface area contributed by atoms with Crippen molar-refractivity contribution in [1.29, 1.82) is 0 Å².